The quantitative estimate of drug-likeness (QED) is 0.847. The van der Waals surface area contributed by atoms with E-state index in [1.807, 2.05) is 32.9 Å². The highest BCUT2D eigenvalue weighted by molar-refractivity contribution is 5.94. The number of hydrogen-bond donors (Lipinski definition) is 0. The standard InChI is InChI=1S/C17H21N3O3/c1-5-19(6-2)17(22)16-14(23-4)11-15(21)20(18-16)13-9-7-12(3)8-10-13/h7-11H,5-6H2,1-4H3. The molecular weight excluding hydrogens is 294 g/mol. The van der Waals surface area contributed by atoms with Crippen LogP contribution in [0.3, 0.4) is 0 Å². The van der Waals surface area contributed by atoms with Crippen LogP contribution < -0.4 is 10.3 Å². The Labute approximate surface area is 135 Å². The summed E-state index contributed by atoms with van der Waals surface area (Å²) in [7, 11) is 1.42. The van der Waals surface area contributed by atoms with Gasteiger partial charge in [0.1, 0.15) is 0 Å². The molecule has 23 heavy (non-hydrogen) atoms. The van der Waals surface area contributed by atoms with Crippen LogP contribution >= 0.6 is 0 Å². The van der Waals surface area contributed by atoms with Gasteiger partial charge in [-0.25, -0.2) is 0 Å². The highest BCUT2D eigenvalue weighted by Crippen LogP contribution is 2.16. The first kappa shape index (κ1) is 16.7. The molecule has 0 atom stereocenters. The lowest BCUT2D eigenvalue weighted by molar-refractivity contribution is 0.0761. The number of amides is 1. The van der Waals surface area contributed by atoms with Crippen molar-refractivity contribution in [2.45, 2.75) is 20.8 Å². The van der Waals surface area contributed by atoms with Gasteiger partial charge in [-0.2, -0.15) is 9.78 Å². The Balaban J connectivity index is 2.58. The van der Waals surface area contributed by atoms with E-state index in [1.165, 1.54) is 17.9 Å². The smallest absolute Gasteiger partial charge is 0.278 e. The summed E-state index contributed by atoms with van der Waals surface area (Å²) in [5.74, 6) is -0.0667. The van der Waals surface area contributed by atoms with Gasteiger partial charge in [0.15, 0.2) is 11.4 Å². The molecule has 0 aliphatic carbocycles. The zero-order valence-corrected chi connectivity index (χ0v) is 13.9. The molecule has 2 rings (SSSR count). The molecular formula is C17H21N3O3. The Morgan fingerprint density at radius 1 is 1.22 bits per heavy atom. The largest absolute Gasteiger partial charge is 0.494 e. The summed E-state index contributed by atoms with van der Waals surface area (Å²) in [6.45, 7) is 6.87. The highest BCUT2D eigenvalue weighted by atomic mass is 16.5. The summed E-state index contributed by atoms with van der Waals surface area (Å²) in [4.78, 5) is 26.5. The highest BCUT2D eigenvalue weighted by Gasteiger charge is 2.21. The summed E-state index contributed by atoms with van der Waals surface area (Å²) < 4.78 is 6.39. The van der Waals surface area contributed by atoms with Crippen LogP contribution in [0.2, 0.25) is 0 Å². The van der Waals surface area contributed by atoms with E-state index in [9.17, 15) is 9.59 Å². The zero-order valence-electron chi connectivity index (χ0n) is 13.9. The number of benzene rings is 1. The molecule has 0 saturated heterocycles. The molecule has 6 nitrogen and oxygen atoms in total. The molecule has 1 aromatic heterocycles. The van der Waals surface area contributed by atoms with Gasteiger partial charge in [-0.1, -0.05) is 17.7 Å². The van der Waals surface area contributed by atoms with E-state index in [-0.39, 0.29) is 22.9 Å². The van der Waals surface area contributed by atoms with E-state index in [0.29, 0.717) is 18.8 Å². The minimum Gasteiger partial charge on any atom is -0.494 e. The molecule has 6 heteroatoms. The third-order valence-electron chi connectivity index (χ3n) is 3.65. The van der Waals surface area contributed by atoms with Crippen molar-refractivity contribution in [1.82, 2.24) is 14.7 Å². The molecule has 122 valence electrons. The van der Waals surface area contributed by atoms with Crippen molar-refractivity contribution in [3.8, 4) is 11.4 Å². The number of ether oxygens (including phenoxy) is 1. The topological polar surface area (TPSA) is 64.4 Å². The maximum Gasteiger partial charge on any atom is 0.278 e. The predicted octanol–water partition coefficient (Wildman–Crippen LogP) is 2.03. The van der Waals surface area contributed by atoms with Crippen LogP contribution in [0.4, 0.5) is 0 Å². The SMILES string of the molecule is CCN(CC)C(=O)c1nn(-c2ccc(C)cc2)c(=O)cc1OC. The van der Waals surface area contributed by atoms with Crippen molar-refractivity contribution in [3.63, 3.8) is 0 Å². The van der Waals surface area contributed by atoms with Gasteiger partial charge < -0.3 is 9.64 Å². The molecule has 1 heterocycles. The van der Waals surface area contributed by atoms with Crippen molar-refractivity contribution in [1.29, 1.82) is 0 Å². The average Bonchev–Trinajstić information content (AvgIpc) is 2.56. The molecule has 0 fully saturated rings. The molecule has 0 aliphatic rings. The number of nitrogens with zero attached hydrogens (tertiary/aromatic N) is 3. The van der Waals surface area contributed by atoms with E-state index < -0.39 is 0 Å². The van der Waals surface area contributed by atoms with E-state index in [1.54, 1.807) is 17.0 Å². The Kier molecular flexibility index (Phi) is 5.16. The van der Waals surface area contributed by atoms with Gasteiger partial charge in [0.2, 0.25) is 0 Å². The second-order valence-corrected chi connectivity index (χ2v) is 5.12. The van der Waals surface area contributed by atoms with Gasteiger partial charge in [-0.3, -0.25) is 9.59 Å². The molecule has 2 aromatic rings. The van der Waals surface area contributed by atoms with Gasteiger partial charge in [0.05, 0.1) is 18.9 Å². The van der Waals surface area contributed by atoms with Crippen LogP contribution in [0, 0.1) is 6.92 Å². The van der Waals surface area contributed by atoms with Gasteiger partial charge in [0, 0.05) is 13.1 Å². The molecule has 0 aliphatic heterocycles. The van der Waals surface area contributed by atoms with Crippen molar-refractivity contribution >= 4 is 5.91 Å². The average molecular weight is 315 g/mol. The fourth-order valence-corrected chi connectivity index (χ4v) is 2.28. The van der Waals surface area contributed by atoms with Gasteiger partial charge in [-0.15, -0.1) is 0 Å². The fourth-order valence-electron chi connectivity index (χ4n) is 2.28. The summed E-state index contributed by atoms with van der Waals surface area (Å²) >= 11 is 0. The van der Waals surface area contributed by atoms with Crippen LogP contribution in [0.1, 0.15) is 29.9 Å². The van der Waals surface area contributed by atoms with Crippen LogP contribution in [0.25, 0.3) is 5.69 Å². The maximum atomic E-state index is 12.6. The molecule has 0 spiro atoms. The summed E-state index contributed by atoms with van der Waals surface area (Å²) in [5.41, 5.74) is 1.48. The third kappa shape index (κ3) is 3.41. The Morgan fingerprint density at radius 3 is 2.35 bits per heavy atom. The number of carbonyl (C=O) groups excluding carboxylic acids is 1. The van der Waals surface area contributed by atoms with Crippen LogP contribution in [0.5, 0.6) is 5.75 Å². The maximum absolute atomic E-state index is 12.6. The first-order chi connectivity index (χ1) is 11.0. The van der Waals surface area contributed by atoms with E-state index >= 15 is 0 Å². The minimum atomic E-state index is -0.346. The lowest BCUT2D eigenvalue weighted by Crippen LogP contribution is -2.34. The predicted molar refractivity (Wildman–Crippen MR) is 88.4 cm³/mol. The van der Waals surface area contributed by atoms with Crippen LogP contribution in [-0.4, -0.2) is 40.8 Å². The number of rotatable bonds is 5. The van der Waals surface area contributed by atoms with Crippen molar-refractivity contribution in [2.75, 3.05) is 20.2 Å². The summed E-state index contributed by atoms with van der Waals surface area (Å²) in [6.07, 6.45) is 0. The number of methoxy groups -OCH3 is 1. The van der Waals surface area contributed by atoms with Gasteiger partial charge in [-0.05, 0) is 32.9 Å². The monoisotopic (exact) mass is 315 g/mol. The van der Waals surface area contributed by atoms with E-state index in [0.717, 1.165) is 5.56 Å². The van der Waals surface area contributed by atoms with Gasteiger partial charge in [0.25, 0.3) is 11.5 Å². The second-order valence-electron chi connectivity index (χ2n) is 5.12. The lowest BCUT2D eigenvalue weighted by atomic mass is 10.2. The fraction of sp³-hybridized carbons (Fsp3) is 0.353. The van der Waals surface area contributed by atoms with E-state index in [4.69, 9.17) is 4.74 Å². The van der Waals surface area contributed by atoms with Crippen molar-refractivity contribution < 1.29 is 9.53 Å². The third-order valence-corrected chi connectivity index (χ3v) is 3.65. The van der Waals surface area contributed by atoms with Crippen molar-refractivity contribution in [3.05, 3.63) is 51.9 Å². The van der Waals surface area contributed by atoms with Crippen molar-refractivity contribution in [2.24, 2.45) is 0 Å². The second kappa shape index (κ2) is 7.09. The first-order valence-electron chi connectivity index (χ1n) is 7.56. The minimum absolute atomic E-state index is 0.136. The van der Waals surface area contributed by atoms with Crippen LogP contribution in [0.15, 0.2) is 35.1 Å². The summed E-state index contributed by atoms with van der Waals surface area (Å²) in [6, 6.07) is 8.66. The first-order valence-corrected chi connectivity index (χ1v) is 7.56. The number of aromatic nitrogens is 2. The van der Waals surface area contributed by atoms with E-state index in [2.05, 4.69) is 5.10 Å². The normalized spacial score (nSPS) is 10.4. The number of hydrogen-bond acceptors (Lipinski definition) is 4. The van der Waals surface area contributed by atoms with Gasteiger partial charge >= 0.3 is 0 Å². The van der Waals surface area contributed by atoms with Crippen LogP contribution in [-0.2, 0) is 0 Å². The number of carbonyl (C=O) groups is 1. The molecule has 0 radical (unpaired) electrons. The number of aryl methyl sites for hydroxylation is 1. The lowest BCUT2D eigenvalue weighted by Gasteiger charge is -2.19. The molecule has 1 amide bonds. The molecule has 1 aromatic carbocycles. The summed E-state index contributed by atoms with van der Waals surface area (Å²) in [5, 5.41) is 4.25. The molecule has 0 N–H and O–H groups in total. The molecule has 0 bridgehead atoms. The molecule has 0 saturated carbocycles. The Hall–Kier alpha value is -2.63. The Bertz CT molecular complexity index is 747. The molecule has 0 unspecified atom stereocenters. The zero-order chi connectivity index (χ0) is 17.0. The Morgan fingerprint density at radius 2 is 1.83 bits per heavy atom.